The molecule has 2 N–H and O–H groups in total. The summed E-state index contributed by atoms with van der Waals surface area (Å²) in [6.45, 7) is -0.0118. The average Bonchev–Trinajstić information content (AvgIpc) is 2.18. The average molecular weight is 258 g/mol. The molecule has 0 unspecified atom stereocenters. The largest absolute Gasteiger partial charge is 0.392 e. The number of amides is 1. The zero-order chi connectivity index (χ0) is 10.4. The maximum Gasteiger partial charge on any atom is 0.225 e. The van der Waals surface area contributed by atoms with E-state index in [0.717, 1.165) is 11.3 Å². The lowest BCUT2D eigenvalue weighted by Gasteiger charge is -2.04. The van der Waals surface area contributed by atoms with Crippen molar-refractivity contribution in [2.24, 2.45) is 0 Å². The molecular weight excluding hydrogens is 246 g/mol. The van der Waals surface area contributed by atoms with Crippen molar-refractivity contribution in [2.75, 3.05) is 10.6 Å². The maximum atomic E-state index is 11.2. The number of hydrogen-bond donors (Lipinski definition) is 2. The van der Waals surface area contributed by atoms with Crippen LogP contribution in [-0.2, 0) is 11.4 Å². The van der Waals surface area contributed by atoms with Gasteiger partial charge in [0.15, 0.2) is 0 Å². The molecule has 3 nitrogen and oxygen atoms in total. The third-order valence-electron chi connectivity index (χ3n) is 1.71. The monoisotopic (exact) mass is 257 g/mol. The van der Waals surface area contributed by atoms with Gasteiger partial charge >= 0.3 is 0 Å². The molecular formula is C10H12BrNO2. The molecule has 0 bridgehead atoms. The van der Waals surface area contributed by atoms with Crippen LogP contribution in [0.25, 0.3) is 0 Å². The quantitative estimate of drug-likeness (QED) is 0.810. The number of halogens is 1. The highest BCUT2D eigenvalue weighted by atomic mass is 79.9. The van der Waals surface area contributed by atoms with Crippen LogP contribution in [0.4, 0.5) is 5.69 Å². The molecule has 0 spiro atoms. The Morgan fingerprint density at radius 3 is 2.93 bits per heavy atom. The van der Waals surface area contributed by atoms with Crippen LogP contribution < -0.4 is 5.32 Å². The van der Waals surface area contributed by atoms with Crippen molar-refractivity contribution in [1.29, 1.82) is 0 Å². The zero-order valence-corrected chi connectivity index (χ0v) is 9.25. The number of carbonyl (C=O) groups excluding carboxylic acids is 1. The number of anilines is 1. The second-order valence-electron chi connectivity index (χ2n) is 2.85. The molecule has 0 aliphatic rings. The lowest BCUT2D eigenvalue weighted by atomic mass is 10.2. The number of hydrogen-bond acceptors (Lipinski definition) is 2. The summed E-state index contributed by atoms with van der Waals surface area (Å²) in [4.78, 5) is 11.2. The SMILES string of the molecule is O=C(CCBr)Nc1cccc(CO)c1. The van der Waals surface area contributed by atoms with Crippen LogP contribution in [0.1, 0.15) is 12.0 Å². The molecule has 0 fully saturated rings. The van der Waals surface area contributed by atoms with Crippen molar-refractivity contribution >= 4 is 27.5 Å². The fraction of sp³-hybridized carbons (Fsp3) is 0.300. The molecule has 0 aromatic heterocycles. The molecule has 1 aromatic rings. The van der Waals surface area contributed by atoms with Gasteiger partial charge in [-0.3, -0.25) is 4.79 Å². The molecule has 14 heavy (non-hydrogen) atoms. The van der Waals surface area contributed by atoms with Crippen LogP contribution in [0.15, 0.2) is 24.3 Å². The summed E-state index contributed by atoms with van der Waals surface area (Å²) >= 11 is 3.19. The Kier molecular flexibility index (Phi) is 4.62. The molecule has 0 heterocycles. The molecule has 0 saturated heterocycles. The predicted octanol–water partition coefficient (Wildman–Crippen LogP) is 1.90. The number of rotatable bonds is 4. The smallest absolute Gasteiger partial charge is 0.225 e. The van der Waals surface area contributed by atoms with Gasteiger partial charge < -0.3 is 10.4 Å². The summed E-state index contributed by atoms with van der Waals surface area (Å²) in [7, 11) is 0. The molecule has 0 atom stereocenters. The third kappa shape index (κ3) is 3.47. The Morgan fingerprint density at radius 2 is 2.29 bits per heavy atom. The number of alkyl halides is 1. The second-order valence-corrected chi connectivity index (χ2v) is 3.64. The van der Waals surface area contributed by atoms with Crippen LogP contribution in [0.2, 0.25) is 0 Å². The predicted molar refractivity (Wildman–Crippen MR) is 59.4 cm³/mol. The van der Waals surface area contributed by atoms with Crippen molar-refractivity contribution < 1.29 is 9.90 Å². The van der Waals surface area contributed by atoms with Crippen LogP contribution in [0.3, 0.4) is 0 Å². The fourth-order valence-electron chi connectivity index (χ4n) is 1.06. The second kappa shape index (κ2) is 5.78. The van der Waals surface area contributed by atoms with Gasteiger partial charge in [0, 0.05) is 17.4 Å². The minimum Gasteiger partial charge on any atom is -0.392 e. The van der Waals surface area contributed by atoms with E-state index in [2.05, 4.69) is 21.2 Å². The van der Waals surface area contributed by atoms with E-state index in [9.17, 15) is 4.79 Å². The molecule has 76 valence electrons. The Labute approximate surface area is 91.3 Å². The standard InChI is InChI=1S/C10H12BrNO2/c11-5-4-10(14)12-9-3-1-2-8(6-9)7-13/h1-3,6,13H,4-5,7H2,(H,12,14). The fourth-order valence-corrected chi connectivity index (χ4v) is 1.42. The normalized spacial score (nSPS) is 9.86. The van der Waals surface area contributed by atoms with Gasteiger partial charge in [0.25, 0.3) is 0 Å². The summed E-state index contributed by atoms with van der Waals surface area (Å²) in [6, 6.07) is 7.16. The summed E-state index contributed by atoms with van der Waals surface area (Å²) in [5.41, 5.74) is 1.52. The van der Waals surface area contributed by atoms with Gasteiger partial charge in [-0.15, -0.1) is 0 Å². The van der Waals surface area contributed by atoms with E-state index in [-0.39, 0.29) is 12.5 Å². The van der Waals surface area contributed by atoms with Gasteiger partial charge in [0.05, 0.1) is 6.61 Å². The third-order valence-corrected chi connectivity index (χ3v) is 2.11. The molecule has 1 amide bonds. The number of nitrogens with one attached hydrogen (secondary N) is 1. The van der Waals surface area contributed by atoms with Gasteiger partial charge in [-0.2, -0.15) is 0 Å². The van der Waals surface area contributed by atoms with E-state index < -0.39 is 0 Å². The number of aliphatic hydroxyl groups is 1. The summed E-state index contributed by atoms with van der Waals surface area (Å²) < 4.78 is 0. The van der Waals surface area contributed by atoms with Crippen molar-refractivity contribution in [2.45, 2.75) is 13.0 Å². The highest BCUT2D eigenvalue weighted by Crippen LogP contribution is 2.10. The molecule has 4 heteroatoms. The first-order valence-electron chi connectivity index (χ1n) is 4.32. The number of aliphatic hydroxyl groups excluding tert-OH is 1. The number of carbonyl (C=O) groups is 1. The number of benzene rings is 1. The minimum absolute atomic E-state index is 0.0118. The van der Waals surface area contributed by atoms with Crippen molar-refractivity contribution in [3.8, 4) is 0 Å². The van der Waals surface area contributed by atoms with Gasteiger partial charge in [0.1, 0.15) is 0 Å². The topological polar surface area (TPSA) is 49.3 Å². The molecule has 0 saturated carbocycles. The van der Waals surface area contributed by atoms with Crippen LogP contribution in [-0.4, -0.2) is 16.3 Å². The van der Waals surface area contributed by atoms with E-state index in [1.807, 2.05) is 0 Å². The van der Waals surface area contributed by atoms with E-state index in [1.54, 1.807) is 24.3 Å². The van der Waals surface area contributed by atoms with Crippen LogP contribution in [0, 0.1) is 0 Å². The van der Waals surface area contributed by atoms with Gasteiger partial charge in [-0.05, 0) is 17.7 Å². The lowest BCUT2D eigenvalue weighted by Crippen LogP contribution is -2.11. The van der Waals surface area contributed by atoms with Gasteiger partial charge in [0.2, 0.25) is 5.91 Å². The van der Waals surface area contributed by atoms with Gasteiger partial charge in [-0.1, -0.05) is 28.1 Å². The van der Waals surface area contributed by atoms with Crippen LogP contribution in [0.5, 0.6) is 0 Å². The lowest BCUT2D eigenvalue weighted by molar-refractivity contribution is -0.115. The Morgan fingerprint density at radius 1 is 1.50 bits per heavy atom. The first kappa shape index (κ1) is 11.2. The summed E-state index contributed by atoms with van der Waals surface area (Å²) in [5, 5.41) is 12.3. The first-order valence-corrected chi connectivity index (χ1v) is 5.44. The van der Waals surface area contributed by atoms with E-state index in [0.29, 0.717) is 11.8 Å². The van der Waals surface area contributed by atoms with Crippen molar-refractivity contribution in [3.63, 3.8) is 0 Å². The Bertz CT molecular complexity index is 315. The summed E-state index contributed by atoms with van der Waals surface area (Å²) in [5.74, 6) is -0.0306. The van der Waals surface area contributed by atoms with E-state index in [4.69, 9.17) is 5.11 Å². The highest BCUT2D eigenvalue weighted by Gasteiger charge is 2.00. The molecule has 0 aliphatic carbocycles. The van der Waals surface area contributed by atoms with Crippen molar-refractivity contribution in [3.05, 3.63) is 29.8 Å². The van der Waals surface area contributed by atoms with Crippen LogP contribution >= 0.6 is 15.9 Å². The minimum atomic E-state index is -0.0306. The summed E-state index contributed by atoms with van der Waals surface area (Å²) in [6.07, 6.45) is 0.448. The van der Waals surface area contributed by atoms with E-state index in [1.165, 1.54) is 0 Å². The molecule has 0 radical (unpaired) electrons. The highest BCUT2D eigenvalue weighted by molar-refractivity contribution is 9.09. The Hall–Kier alpha value is -0.870. The Balaban J connectivity index is 2.62. The first-order chi connectivity index (χ1) is 6.76. The molecule has 0 aliphatic heterocycles. The maximum absolute atomic E-state index is 11.2. The molecule has 1 aromatic carbocycles. The molecule has 1 rings (SSSR count). The zero-order valence-electron chi connectivity index (χ0n) is 7.66. The van der Waals surface area contributed by atoms with Gasteiger partial charge in [-0.25, -0.2) is 0 Å². The van der Waals surface area contributed by atoms with E-state index >= 15 is 0 Å². The van der Waals surface area contributed by atoms with Crippen molar-refractivity contribution in [1.82, 2.24) is 0 Å².